The van der Waals surface area contributed by atoms with Crippen LogP contribution >= 0.6 is 21.2 Å². The number of aromatic nitrogens is 1. The first-order chi connectivity index (χ1) is 10.2. The van der Waals surface area contributed by atoms with Gasteiger partial charge in [-0.2, -0.15) is 23.9 Å². The van der Waals surface area contributed by atoms with E-state index in [-0.39, 0.29) is 32.7 Å². The molecule has 3 rings (SSSR count). The molecule has 0 aliphatic carbocycles. The minimum Gasteiger partial charge on any atom is -0.519 e. The van der Waals surface area contributed by atoms with Gasteiger partial charge in [-0.3, -0.25) is 0 Å². The van der Waals surface area contributed by atoms with E-state index in [1.165, 1.54) is 22.9 Å². The van der Waals surface area contributed by atoms with Crippen molar-refractivity contribution in [3.05, 3.63) is 60.3 Å². The Bertz CT molecular complexity index is 682. The number of nitrogens with one attached hydrogen (secondary N) is 2. The fourth-order valence-corrected chi connectivity index (χ4v) is 2.38. The first-order valence-corrected chi connectivity index (χ1v) is 7.69. The van der Waals surface area contributed by atoms with E-state index in [4.69, 9.17) is 0 Å². The van der Waals surface area contributed by atoms with E-state index < -0.39 is 0 Å². The topological polar surface area (TPSA) is 44.9 Å². The van der Waals surface area contributed by atoms with E-state index in [1.54, 1.807) is 6.41 Å². The van der Waals surface area contributed by atoms with Crippen LogP contribution in [0.5, 0.6) is 0 Å². The maximum Gasteiger partial charge on any atom is 0.0259 e. The van der Waals surface area contributed by atoms with Crippen molar-refractivity contribution < 1.29 is 37.5 Å². The molecule has 0 saturated carbocycles. The quantitative estimate of drug-likeness (QED) is 0.306. The van der Waals surface area contributed by atoms with Gasteiger partial charge in [0, 0.05) is 37.6 Å². The normalized spacial score (nSPS) is 9.36. The molecule has 1 aromatic heterocycles. The molecule has 0 saturated heterocycles. The van der Waals surface area contributed by atoms with Crippen molar-refractivity contribution in [2.45, 2.75) is 11.8 Å². The smallest absolute Gasteiger partial charge is 0.0259 e. The summed E-state index contributed by atoms with van der Waals surface area (Å²) in [6.07, 6.45) is 1.59. The summed E-state index contributed by atoms with van der Waals surface area (Å²) in [4.78, 5) is 14.0. The van der Waals surface area contributed by atoms with Crippen LogP contribution in [-0.2, 0) is 37.5 Å². The molecular formula is C16H15N2OPSY-2. The molecular weight excluding hydrogens is 388 g/mol. The Morgan fingerprint density at radius 1 is 1.18 bits per heavy atom. The van der Waals surface area contributed by atoms with Crippen LogP contribution in [0, 0.1) is 13.0 Å². The SMILES string of the molecule is Cc1[c-]c2ccccc2[nH]1.O=[C-]NSc1ccc(P)cc1.[Y]. The van der Waals surface area contributed by atoms with Gasteiger partial charge >= 0.3 is 0 Å². The van der Waals surface area contributed by atoms with Crippen LogP contribution in [0.4, 0.5) is 0 Å². The van der Waals surface area contributed by atoms with E-state index in [1.807, 2.05) is 43.3 Å². The van der Waals surface area contributed by atoms with Gasteiger partial charge in [0.1, 0.15) is 0 Å². The van der Waals surface area contributed by atoms with Crippen LogP contribution in [0.25, 0.3) is 10.9 Å². The molecule has 0 aliphatic heterocycles. The van der Waals surface area contributed by atoms with Crippen molar-refractivity contribution in [3.63, 3.8) is 0 Å². The predicted octanol–water partition coefficient (Wildman–Crippen LogP) is 3.12. The minimum atomic E-state index is 0. The van der Waals surface area contributed by atoms with Crippen LogP contribution < -0.4 is 10.0 Å². The van der Waals surface area contributed by atoms with Gasteiger partial charge in [-0.25, -0.2) is 0 Å². The third-order valence-electron chi connectivity index (χ3n) is 2.66. The maximum absolute atomic E-state index is 9.78. The summed E-state index contributed by atoms with van der Waals surface area (Å²) in [5, 5.41) is 2.30. The van der Waals surface area contributed by atoms with Gasteiger partial charge < -0.3 is 14.5 Å². The number of aromatic amines is 1. The molecule has 111 valence electrons. The molecule has 1 unspecified atom stereocenters. The summed E-state index contributed by atoms with van der Waals surface area (Å²) in [6.45, 7) is 2.01. The molecule has 3 aromatic rings. The number of aryl methyl sites for hydroxylation is 1. The van der Waals surface area contributed by atoms with Crippen molar-refractivity contribution in [2.75, 3.05) is 0 Å². The Morgan fingerprint density at radius 2 is 1.86 bits per heavy atom. The Labute approximate surface area is 162 Å². The molecule has 0 fully saturated rings. The number of para-hydroxylation sites is 1. The van der Waals surface area contributed by atoms with Crippen molar-refractivity contribution in [3.8, 4) is 0 Å². The summed E-state index contributed by atoms with van der Waals surface area (Å²) in [6, 6.07) is 19.1. The van der Waals surface area contributed by atoms with Gasteiger partial charge in [0.25, 0.3) is 0 Å². The average Bonchev–Trinajstić information content (AvgIpc) is 2.87. The number of H-pyrrole nitrogens is 1. The fraction of sp³-hybridized carbons (Fsp3) is 0.0625. The van der Waals surface area contributed by atoms with E-state index in [2.05, 4.69) is 37.1 Å². The van der Waals surface area contributed by atoms with E-state index in [0.717, 1.165) is 15.9 Å². The fourth-order valence-electron chi connectivity index (χ4n) is 1.75. The van der Waals surface area contributed by atoms with Crippen molar-refractivity contribution in [2.24, 2.45) is 0 Å². The molecule has 1 atom stereocenters. The average molecular weight is 403 g/mol. The number of fused-ring (bicyclic) bond motifs is 1. The third-order valence-corrected chi connectivity index (χ3v) is 3.74. The summed E-state index contributed by atoms with van der Waals surface area (Å²) in [5.41, 5.74) is 2.27. The van der Waals surface area contributed by atoms with Gasteiger partial charge in [0.2, 0.25) is 0 Å². The molecule has 1 heterocycles. The van der Waals surface area contributed by atoms with Gasteiger partial charge in [0.15, 0.2) is 0 Å². The van der Waals surface area contributed by atoms with Crippen molar-refractivity contribution >= 4 is 43.8 Å². The maximum atomic E-state index is 9.78. The Morgan fingerprint density at radius 3 is 2.50 bits per heavy atom. The second kappa shape index (κ2) is 10.2. The molecule has 6 heteroatoms. The predicted molar refractivity (Wildman–Crippen MR) is 92.3 cm³/mol. The number of hydrogen-bond donors (Lipinski definition) is 2. The van der Waals surface area contributed by atoms with Gasteiger partial charge in [0.05, 0.1) is 0 Å². The first-order valence-electron chi connectivity index (χ1n) is 6.30. The Kier molecular flexibility index (Phi) is 8.96. The number of rotatable bonds is 3. The second-order valence-corrected chi connectivity index (χ2v) is 5.84. The van der Waals surface area contributed by atoms with E-state index in [9.17, 15) is 4.79 Å². The minimum absolute atomic E-state index is 0. The molecule has 3 nitrogen and oxygen atoms in total. The monoisotopic (exact) mass is 403 g/mol. The number of hydrogen-bond acceptors (Lipinski definition) is 2. The molecule has 2 N–H and O–H groups in total. The van der Waals surface area contributed by atoms with Gasteiger partial charge in [-0.05, 0) is 36.3 Å². The molecule has 0 spiro atoms. The molecule has 0 aliphatic rings. The Balaban J connectivity index is 0.000000211. The number of carbonyl (C=O) groups excluding carboxylic acids is 1. The van der Waals surface area contributed by atoms with Crippen LogP contribution in [0.2, 0.25) is 0 Å². The zero-order chi connectivity index (χ0) is 15.1. The number of amides is 1. The molecule has 2 aromatic carbocycles. The van der Waals surface area contributed by atoms with Crippen LogP contribution in [0.1, 0.15) is 5.69 Å². The van der Waals surface area contributed by atoms with Crippen molar-refractivity contribution in [1.29, 1.82) is 0 Å². The molecule has 22 heavy (non-hydrogen) atoms. The number of benzene rings is 2. The van der Waals surface area contributed by atoms with Crippen LogP contribution in [-0.4, -0.2) is 11.4 Å². The van der Waals surface area contributed by atoms with Gasteiger partial charge in [-0.1, -0.05) is 35.5 Å². The molecule has 1 amide bonds. The largest absolute Gasteiger partial charge is 0.519 e. The van der Waals surface area contributed by atoms with E-state index >= 15 is 0 Å². The zero-order valence-corrected chi connectivity index (χ0v) is 16.9. The third kappa shape index (κ3) is 6.22. The Hall–Kier alpha value is -0.666. The van der Waals surface area contributed by atoms with Gasteiger partial charge in [-0.15, -0.1) is 15.3 Å². The molecule has 0 bridgehead atoms. The van der Waals surface area contributed by atoms with Crippen LogP contribution in [0.15, 0.2) is 53.4 Å². The second-order valence-electron chi connectivity index (χ2n) is 4.30. The summed E-state index contributed by atoms with van der Waals surface area (Å²) in [7, 11) is 2.59. The zero-order valence-electron chi connectivity index (χ0n) is 12.1. The first kappa shape index (κ1) is 19.4. The standard InChI is InChI=1S/C9H8N.C7H7NOPS.Y/c1-7-6-8-4-2-3-5-9(8)10-7;9-5-8-11-7-3-1-6(10)2-4-7;/h2-5,10H,1H3;1-4H,10H2,(H,8,9);/q2*-1;. The summed E-state index contributed by atoms with van der Waals surface area (Å²) < 4.78 is 2.39. The van der Waals surface area contributed by atoms with Crippen molar-refractivity contribution in [1.82, 2.24) is 9.71 Å². The summed E-state index contributed by atoms with van der Waals surface area (Å²) in [5.74, 6) is 0. The molecule has 1 radical (unpaired) electrons. The van der Waals surface area contributed by atoms with Crippen LogP contribution in [0.3, 0.4) is 0 Å². The summed E-state index contributed by atoms with van der Waals surface area (Å²) >= 11 is 1.25. The van der Waals surface area contributed by atoms with E-state index in [0.29, 0.717) is 0 Å².